The number of pyridine rings is 1. The minimum absolute atomic E-state index is 0.0361. The number of aryl methyl sites for hydroxylation is 1. The molecule has 0 spiro atoms. The molecule has 5 rings (SSSR count). The summed E-state index contributed by atoms with van der Waals surface area (Å²) in [5, 5.41) is 6.54. The van der Waals surface area contributed by atoms with E-state index >= 15 is 0 Å². The number of hydrogen-bond donors (Lipinski definition) is 1. The molecule has 4 aromatic rings. The van der Waals surface area contributed by atoms with Crippen LogP contribution in [-0.4, -0.2) is 10.9 Å². The fraction of sp³-hybridized carbons (Fsp3) is 0.0909. The number of hydrogen-bond acceptors (Lipinski definition) is 4. The number of aromatic nitrogens is 1. The third-order valence-electron chi connectivity index (χ3n) is 4.89. The number of carbonyl (C=O) groups excluding carboxylic acids is 1. The lowest BCUT2D eigenvalue weighted by atomic mass is 10.1. The van der Waals surface area contributed by atoms with Crippen LogP contribution in [0.1, 0.15) is 27.0 Å². The first-order valence-corrected chi connectivity index (χ1v) is 9.69. The molecule has 1 aliphatic rings. The largest absolute Gasteiger partial charge is 0.344 e. The zero-order valence-electron chi connectivity index (χ0n) is 14.7. The highest BCUT2D eigenvalue weighted by atomic mass is 32.1. The van der Waals surface area contributed by atoms with Crippen LogP contribution >= 0.6 is 11.3 Å². The Hall–Kier alpha value is -3.18. The van der Waals surface area contributed by atoms with Crippen LogP contribution in [0.15, 0.2) is 72.1 Å². The highest BCUT2D eigenvalue weighted by Gasteiger charge is 2.36. The number of nitrogens with one attached hydrogen (secondary N) is 1. The normalized spacial score (nSPS) is 16.3. The van der Waals surface area contributed by atoms with Gasteiger partial charge in [0.05, 0.1) is 16.0 Å². The minimum atomic E-state index is -0.277. The Labute approximate surface area is 161 Å². The van der Waals surface area contributed by atoms with E-state index in [4.69, 9.17) is 4.98 Å². The lowest BCUT2D eigenvalue weighted by Crippen LogP contribution is -2.43. The van der Waals surface area contributed by atoms with E-state index in [1.165, 1.54) is 0 Å². The Bertz CT molecular complexity index is 1150. The Morgan fingerprint density at radius 2 is 1.81 bits per heavy atom. The molecule has 0 fully saturated rings. The van der Waals surface area contributed by atoms with E-state index in [0.717, 1.165) is 27.0 Å². The van der Waals surface area contributed by atoms with Crippen LogP contribution in [0.25, 0.3) is 10.9 Å². The summed E-state index contributed by atoms with van der Waals surface area (Å²) < 4.78 is 0. The van der Waals surface area contributed by atoms with Crippen molar-refractivity contribution in [2.45, 2.75) is 13.1 Å². The van der Waals surface area contributed by atoms with Crippen LogP contribution in [0.3, 0.4) is 0 Å². The van der Waals surface area contributed by atoms with E-state index in [-0.39, 0.29) is 12.1 Å². The molecule has 0 radical (unpaired) electrons. The smallest absolute Gasteiger partial charge is 0.264 e. The number of anilines is 2. The quantitative estimate of drug-likeness (QED) is 0.515. The van der Waals surface area contributed by atoms with Gasteiger partial charge in [-0.25, -0.2) is 4.98 Å². The van der Waals surface area contributed by atoms with Gasteiger partial charge in [-0.15, -0.1) is 11.3 Å². The van der Waals surface area contributed by atoms with Crippen molar-refractivity contribution in [1.29, 1.82) is 0 Å². The summed E-state index contributed by atoms with van der Waals surface area (Å²) in [6.45, 7) is 2.07. The molecule has 0 bridgehead atoms. The molecule has 0 saturated heterocycles. The summed E-state index contributed by atoms with van der Waals surface area (Å²) in [5.74, 6) is 0.606. The average Bonchev–Trinajstić information content (AvgIpc) is 3.13. The van der Waals surface area contributed by atoms with Crippen LogP contribution < -0.4 is 10.2 Å². The number of amides is 1. The highest BCUT2D eigenvalue weighted by molar-refractivity contribution is 7.10. The molecule has 0 aliphatic carbocycles. The first-order valence-electron chi connectivity index (χ1n) is 8.81. The molecule has 1 N–H and O–H groups in total. The van der Waals surface area contributed by atoms with Gasteiger partial charge in [0.25, 0.3) is 5.91 Å². The summed E-state index contributed by atoms with van der Waals surface area (Å²) in [5.41, 5.74) is 3.51. The van der Waals surface area contributed by atoms with Crippen molar-refractivity contribution in [1.82, 2.24) is 4.98 Å². The molecule has 1 amide bonds. The second-order valence-electron chi connectivity index (χ2n) is 6.60. The van der Waals surface area contributed by atoms with E-state index in [1.807, 2.05) is 65.6 Å². The predicted octanol–water partition coefficient (Wildman–Crippen LogP) is 5.38. The third kappa shape index (κ3) is 2.59. The molecule has 1 aliphatic heterocycles. The van der Waals surface area contributed by atoms with Gasteiger partial charge in [0.15, 0.2) is 0 Å². The Balaban J connectivity index is 1.72. The summed E-state index contributed by atoms with van der Waals surface area (Å²) in [6.07, 6.45) is -0.277. The average molecular weight is 371 g/mol. The number of para-hydroxylation sites is 2. The molecule has 2 aromatic carbocycles. The lowest BCUT2D eigenvalue weighted by Gasteiger charge is -2.37. The van der Waals surface area contributed by atoms with E-state index in [2.05, 4.69) is 23.7 Å². The van der Waals surface area contributed by atoms with E-state index in [0.29, 0.717) is 11.4 Å². The molecule has 1 atom stereocenters. The van der Waals surface area contributed by atoms with Crippen molar-refractivity contribution in [2.24, 2.45) is 0 Å². The van der Waals surface area contributed by atoms with Gasteiger partial charge in [-0.3, -0.25) is 9.69 Å². The van der Waals surface area contributed by atoms with Crippen LogP contribution in [0.2, 0.25) is 0 Å². The zero-order valence-corrected chi connectivity index (χ0v) is 15.5. The maximum atomic E-state index is 13.5. The predicted molar refractivity (Wildman–Crippen MR) is 110 cm³/mol. The number of nitrogens with zero attached hydrogens (tertiary/aromatic N) is 2. The van der Waals surface area contributed by atoms with Gasteiger partial charge in [-0.1, -0.05) is 36.4 Å². The van der Waals surface area contributed by atoms with Crippen LogP contribution in [0.4, 0.5) is 11.5 Å². The highest BCUT2D eigenvalue weighted by Crippen LogP contribution is 2.39. The van der Waals surface area contributed by atoms with Crippen LogP contribution in [0, 0.1) is 6.92 Å². The fourth-order valence-corrected chi connectivity index (χ4v) is 4.50. The number of fused-ring (bicyclic) bond motifs is 2. The molecule has 5 heteroatoms. The van der Waals surface area contributed by atoms with Gasteiger partial charge in [0.1, 0.15) is 12.0 Å². The first-order chi connectivity index (χ1) is 13.2. The van der Waals surface area contributed by atoms with E-state index < -0.39 is 0 Å². The number of carbonyl (C=O) groups is 1. The number of rotatable bonds is 2. The van der Waals surface area contributed by atoms with Gasteiger partial charge in [0.2, 0.25) is 0 Å². The van der Waals surface area contributed by atoms with Crippen molar-refractivity contribution < 1.29 is 4.79 Å². The standard InChI is InChI=1S/C22H17N3OS/c1-14-11-12-27-19(14)21-24-20-17(13-15-7-5-6-10-18(15)23-20)22(26)25(21)16-8-3-2-4-9-16/h2-13,21H,1H3,(H,23,24). The molecule has 4 nitrogen and oxygen atoms in total. The second-order valence-corrected chi connectivity index (χ2v) is 7.55. The summed E-state index contributed by atoms with van der Waals surface area (Å²) in [6, 6.07) is 21.7. The lowest BCUT2D eigenvalue weighted by molar-refractivity contribution is 0.0975. The van der Waals surface area contributed by atoms with Gasteiger partial charge in [0, 0.05) is 11.1 Å². The maximum Gasteiger partial charge on any atom is 0.264 e. The maximum absolute atomic E-state index is 13.5. The van der Waals surface area contributed by atoms with Gasteiger partial charge < -0.3 is 5.32 Å². The third-order valence-corrected chi connectivity index (χ3v) is 5.96. The van der Waals surface area contributed by atoms with Gasteiger partial charge in [-0.2, -0.15) is 0 Å². The minimum Gasteiger partial charge on any atom is -0.344 e. The molecule has 132 valence electrons. The van der Waals surface area contributed by atoms with Crippen molar-refractivity contribution in [3.63, 3.8) is 0 Å². The van der Waals surface area contributed by atoms with Gasteiger partial charge >= 0.3 is 0 Å². The second kappa shape index (κ2) is 6.21. The topological polar surface area (TPSA) is 45.2 Å². The molecule has 0 saturated carbocycles. The Kier molecular flexibility index (Phi) is 3.69. The Morgan fingerprint density at radius 1 is 1.04 bits per heavy atom. The van der Waals surface area contributed by atoms with Crippen molar-refractivity contribution >= 4 is 39.7 Å². The number of thiophene rings is 1. The molecule has 3 heterocycles. The van der Waals surface area contributed by atoms with Crippen LogP contribution in [-0.2, 0) is 0 Å². The van der Waals surface area contributed by atoms with Crippen molar-refractivity contribution in [2.75, 3.05) is 10.2 Å². The Morgan fingerprint density at radius 3 is 2.59 bits per heavy atom. The molecule has 1 unspecified atom stereocenters. The molecule has 2 aromatic heterocycles. The summed E-state index contributed by atoms with van der Waals surface area (Å²) in [7, 11) is 0. The fourth-order valence-electron chi connectivity index (χ4n) is 3.53. The SMILES string of the molecule is Cc1ccsc1C1Nc2nc3ccccc3cc2C(=O)N1c1ccccc1. The van der Waals surface area contributed by atoms with Crippen molar-refractivity contribution in [3.05, 3.63) is 88.1 Å². The van der Waals surface area contributed by atoms with E-state index in [9.17, 15) is 4.79 Å². The van der Waals surface area contributed by atoms with Crippen LogP contribution in [0.5, 0.6) is 0 Å². The monoisotopic (exact) mass is 371 g/mol. The number of benzene rings is 2. The summed E-state index contributed by atoms with van der Waals surface area (Å²) in [4.78, 5) is 21.2. The van der Waals surface area contributed by atoms with Gasteiger partial charge in [-0.05, 0) is 48.2 Å². The molecular formula is C22H17N3OS. The van der Waals surface area contributed by atoms with E-state index in [1.54, 1.807) is 11.3 Å². The van der Waals surface area contributed by atoms with Crippen molar-refractivity contribution in [3.8, 4) is 0 Å². The zero-order chi connectivity index (χ0) is 18.4. The first kappa shape index (κ1) is 16.0. The summed E-state index contributed by atoms with van der Waals surface area (Å²) >= 11 is 1.65. The molecular weight excluding hydrogens is 354 g/mol. The molecule has 27 heavy (non-hydrogen) atoms.